The van der Waals surface area contributed by atoms with Gasteiger partial charge in [0.25, 0.3) is 5.91 Å². The first kappa shape index (κ1) is 19.1. The summed E-state index contributed by atoms with van der Waals surface area (Å²) in [6.07, 6.45) is 1.45. The van der Waals surface area contributed by atoms with Crippen molar-refractivity contribution in [2.24, 2.45) is 0 Å². The molecule has 4 rings (SSSR count). The van der Waals surface area contributed by atoms with Crippen LogP contribution in [0.2, 0.25) is 10.0 Å². The van der Waals surface area contributed by atoms with Gasteiger partial charge < -0.3 is 14.4 Å². The smallest absolute Gasteiger partial charge is 0.255 e. The van der Waals surface area contributed by atoms with Crippen molar-refractivity contribution in [1.82, 2.24) is 4.90 Å². The second-order valence-corrected chi connectivity index (χ2v) is 8.01. The fourth-order valence-electron chi connectivity index (χ4n) is 3.83. The first-order valence-corrected chi connectivity index (χ1v) is 9.81. The fourth-order valence-corrected chi connectivity index (χ4v) is 4.20. The third-order valence-corrected chi connectivity index (χ3v) is 5.98. The molecule has 1 fully saturated rings. The van der Waals surface area contributed by atoms with Crippen LogP contribution in [0.5, 0.6) is 11.5 Å². The van der Waals surface area contributed by atoms with Gasteiger partial charge in [-0.05, 0) is 36.4 Å². The van der Waals surface area contributed by atoms with E-state index in [0.29, 0.717) is 65.0 Å². The highest BCUT2D eigenvalue weighted by atomic mass is 35.5. The van der Waals surface area contributed by atoms with Gasteiger partial charge in [0.15, 0.2) is 5.78 Å². The summed E-state index contributed by atoms with van der Waals surface area (Å²) in [5.41, 5.74) is 0.366. The zero-order chi connectivity index (χ0) is 19.9. The topological polar surface area (TPSA) is 55.8 Å². The Hall–Kier alpha value is -2.24. The number of carbonyl (C=O) groups excluding carboxylic acids is 2. The lowest BCUT2D eigenvalue weighted by atomic mass is 9.82. The highest BCUT2D eigenvalue weighted by molar-refractivity contribution is 6.35. The summed E-state index contributed by atoms with van der Waals surface area (Å²) in [7, 11) is 1.57. The lowest BCUT2D eigenvalue weighted by Crippen LogP contribution is -2.52. The zero-order valence-corrected chi connectivity index (χ0v) is 16.8. The molecule has 1 amide bonds. The lowest BCUT2D eigenvalue weighted by Gasteiger charge is -2.44. The number of Topliss-reactive ketones (excluding diaryl/α,β-unsaturated/α-hetero) is 1. The Morgan fingerprint density at radius 1 is 1.14 bits per heavy atom. The van der Waals surface area contributed by atoms with Gasteiger partial charge in [0, 0.05) is 31.0 Å². The van der Waals surface area contributed by atoms with Gasteiger partial charge in [-0.1, -0.05) is 23.2 Å². The summed E-state index contributed by atoms with van der Waals surface area (Å²) in [6.45, 7) is 0.973. The number of hydrogen-bond donors (Lipinski definition) is 0. The van der Waals surface area contributed by atoms with Crippen LogP contribution in [0.25, 0.3) is 0 Å². The second kappa shape index (κ2) is 7.30. The quantitative estimate of drug-likeness (QED) is 0.710. The van der Waals surface area contributed by atoms with Crippen molar-refractivity contribution < 1.29 is 19.1 Å². The molecule has 0 atom stereocenters. The summed E-state index contributed by atoms with van der Waals surface area (Å²) >= 11 is 12.2. The largest absolute Gasteiger partial charge is 0.497 e. The van der Waals surface area contributed by atoms with Gasteiger partial charge in [0.2, 0.25) is 0 Å². The summed E-state index contributed by atoms with van der Waals surface area (Å²) in [5.74, 6) is 1.09. The number of ether oxygens (including phenoxy) is 2. The molecule has 0 unspecified atom stereocenters. The summed E-state index contributed by atoms with van der Waals surface area (Å²) in [4.78, 5) is 27.3. The number of ketones is 1. The number of hydrogen-bond acceptors (Lipinski definition) is 4. The van der Waals surface area contributed by atoms with Gasteiger partial charge in [-0.3, -0.25) is 9.59 Å². The van der Waals surface area contributed by atoms with Crippen LogP contribution in [-0.4, -0.2) is 42.4 Å². The first-order valence-electron chi connectivity index (χ1n) is 9.05. The predicted molar refractivity (Wildman–Crippen MR) is 107 cm³/mol. The molecule has 0 radical (unpaired) electrons. The molecule has 146 valence electrons. The molecule has 2 aromatic carbocycles. The number of nitrogens with zero attached hydrogens (tertiary/aromatic N) is 1. The van der Waals surface area contributed by atoms with Crippen LogP contribution in [0.3, 0.4) is 0 Å². The van der Waals surface area contributed by atoms with Crippen molar-refractivity contribution in [2.75, 3.05) is 20.2 Å². The first-order chi connectivity index (χ1) is 13.4. The minimum Gasteiger partial charge on any atom is -0.497 e. The van der Waals surface area contributed by atoms with Crippen LogP contribution in [0.1, 0.15) is 40.0 Å². The Morgan fingerprint density at radius 2 is 1.89 bits per heavy atom. The number of amides is 1. The highest BCUT2D eigenvalue weighted by Gasteiger charge is 2.44. The van der Waals surface area contributed by atoms with E-state index in [1.807, 2.05) is 0 Å². The van der Waals surface area contributed by atoms with Gasteiger partial charge in [-0.25, -0.2) is 0 Å². The highest BCUT2D eigenvalue weighted by Crippen LogP contribution is 2.40. The van der Waals surface area contributed by atoms with Crippen LogP contribution in [0.4, 0.5) is 0 Å². The lowest BCUT2D eigenvalue weighted by molar-refractivity contribution is -0.00576. The minimum atomic E-state index is -0.576. The van der Waals surface area contributed by atoms with Crippen molar-refractivity contribution in [3.63, 3.8) is 0 Å². The van der Waals surface area contributed by atoms with E-state index in [9.17, 15) is 9.59 Å². The molecule has 0 aromatic heterocycles. The summed E-state index contributed by atoms with van der Waals surface area (Å²) < 4.78 is 11.4. The van der Waals surface area contributed by atoms with Crippen LogP contribution < -0.4 is 9.47 Å². The van der Waals surface area contributed by atoms with Crippen molar-refractivity contribution in [3.05, 3.63) is 57.6 Å². The molecule has 7 heteroatoms. The predicted octanol–water partition coefficient (Wildman–Crippen LogP) is 4.64. The van der Waals surface area contributed by atoms with E-state index in [-0.39, 0.29) is 11.7 Å². The number of rotatable bonds is 2. The number of halogens is 2. The van der Waals surface area contributed by atoms with Crippen LogP contribution in [0, 0.1) is 0 Å². The number of likely N-dealkylation sites (tertiary alicyclic amines) is 1. The zero-order valence-electron chi connectivity index (χ0n) is 15.3. The van der Waals surface area contributed by atoms with E-state index in [2.05, 4.69) is 0 Å². The van der Waals surface area contributed by atoms with Crippen molar-refractivity contribution in [2.45, 2.75) is 24.9 Å². The Morgan fingerprint density at radius 3 is 2.61 bits per heavy atom. The van der Waals surface area contributed by atoms with Crippen molar-refractivity contribution in [1.29, 1.82) is 0 Å². The maximum absolute atomic E-state index is 12.8. The molecule has 1 spiro atoms. The second-order valence-electron chi connectivity index (χ2n) is 7.16. The van der Waals surface area contributed by atoms with E-state index in [0.717, 1.165) is 0 Å². The molecule has 5 nitrogen and oxygen atoms in total. The van der Waals surface area contributed by atoms with E-state index in [4.69, 9.17) is 32.7 Å². The maximum Gasteiger partial charge on any atom is 0.255 e. The van der Waals surface area contributed by atoms with Gasteiger partial charge in [-0.2, -0.15) is 0 Å². The summed E-state index contributed by atoms with van der Waals surface area (Å²) in [6, 6.07) is 10.1. The number of fused-ring (bicyclic) bond motifs is 1. The van der Waals surface area contributed by atoms with E-state index in [1.165, 1.54) is 0 Å². The number of methoxy groups -OCH3 is 1. The fraction of sp³-hybridized carbons (Fsp3) is 0.333. The molecule has 28 heavy (non-hydrogen) atoms. The van der Waals surface area contributed by atoms with Crippen molar-refractivity contribution in [3.8, 4) is 11.5 Å². The normalized spacial score (nSPS) is 17.8. The molecular weight excluding hydrogens is 401 g/mol. The summed E-state index contributed by atoms with van der Waals surface area (Å²) in [5, 5.41) is 0.844. The molecule has 0 aliphatic carbocycles. The molecule has 2 aliphatic heterocycles. The van der Waals surface area contributed by atoms with Crippen LogP contribution >= 0.6 is 23.2 Å². The number of benzene rings is 2. The van der Waals surface area contributed by atoms with Gasteiger partial charge in [0.05, 0.1) is 29.7 Å². The monoisotopic (exact) mass is 419 g/mol. The molecule has 0 N–H and O–H groups in total. The standard InChI is InChI=1S/C21H19Cl2NO4/c1-27-14-3-5-19-16(11-14)18(25)12-21(28-19)6-8-24(9-7-21)20(26)15-10-13(22)2-4-17(15)23/h2-5,10-11H,6-9,12H2,1H3. The molecular formula is C21H19Cl2NO4. The molecule has 2 aliphatic rings. The van der Waals surface area contributed by atoms with E-state index in [1.54, 1.807) is 48.4 Å². The Kier molecular flexibility index (Phi) is 4.98. The molecule has 2 aromatic rings. The number of piperidine rings is 1. The molecule has 0 bridgehead atoms. The van der Waals surface area contributed by atoms with Gasteiger partial charge >= 0.3 is 0 Å². The Labute approximate surface area is 173 Å². The van der Waals surface area contributed by atoms with Crippen LogP contribution in [0.15, 0.2) is 36.4 Å². The third-order valence-electron chi connectivity index (χ3n) is 5.42. The van der Waals surface area contributed by atoms with Gasteiger partial charge in [-0.15, -0.1) is 0 Å². The van der Waals surface area contributed by atoms with E-state index < -0.39 is 5.60 Å². The molecule has 0 saturated carbocycles. The maximum atomic E-state index is 12.8. The van der Waals surface area contributed by atoms with Crippen molar-refractivity contribution >= 4 is 34.9 Å². The molecule has 1 saturated heterocycles. The minimum absolute atomic E-state index is 0.0396. The third kappa shape index (κ3) is 3.45. The number of carbonyl (C=O) groups is 2. The Bertz CT molecular complexity index is 951. The SMILES string of the molecule is COc1ccc2c(c1)C(=O)CC1(CCN(C(=O)c3cc(Cl)ccc3Cl)CC1)O2. The van der Waals surface area contributed by atoms with Crippen LogP contribution in [-0.2, 0) is 0 Å². The van der Waals surface area contributed by atoms with Gasteiger partial charge in [0.1, 0.15) is 17.1 Å². The van der Waals surface area contributed by atoms with E-state index >= 15 is 0 Å². The average Bonchev–Trinajstić information content (AvgIpc) is 2.69. The Balaban J connectivity index is 1.50. The molecule has 2 heterocycles. The average molecular weight is 420 g/mol.